The molecule has 4 bridgehead atoms. The van der Waals surface area contributed by atoms with Gasteiger partial charge in [0.25, 0.3) is 0 Å². The molecule has 1 aromatic rings. The lowest BCUT2D eigenvalue weighted by Gasteiger charge is -2.55. The monoisotopic (exact) mass is 458 g/mol. The highest BCUT2D eigenvalue weighted by Crippen LogP contribution is 2.59. The Morgan fingerprint density at radius 1 is 1.09 bits per heavy atom. The predicted octanol–water partition coefficient (Wildman–Crippen LogP) is 6.52. The van der Waals surface area contributed by atoms with E-state index < -0.39 is 11.2 Å². The van der Waals surface area contributed by atoms with Gasteiger partial charge in [0, 0.05) is 24.5 Å². The standard InChI is InChI=1S/C29H46O4/c1-9-16-29(32-8)23(28(6,30)27(3,4)5)15-12-19-17-20-11-14-22(31-7)25-24(20)21(26(29)33-25)13-10-18(19)2/h11,14,18-19,21,23,26,30H,9-10,12-13,15-17H2,1-8H3/t18?,19-,21+,23+,26+,28?,29+/m0/s1. The Morgan fingerprint density at radius 3 is 2.42 bits per heavy atom. The van der Waals surface area contributed by atoms with Gasteiger partial charge in [0.1, 0.15) is 11.7 Å². The van der Waals surface area contributed by atoms with Crippen LogP contribution in [-0.4, -0.2) is 36.6 Å². The predicted molar refractivity (Wildman–Crippen MR) is 133 cm³/mol. The topological polar surface area (TPSA) is 47.9 Å². The summed E-state index contributed by atoms with van der Waals surface area (Å²) < 4.78 is 19.4. The minimum atomic E-state index is -0.903. The third kappa shape index (κ3) is 3.80. The number of methoxy groups -OCH3 is 2. The summed E-state index contributed by atoms with van der Waals surface area (Å²) in [4.78, 5) is 0. The van der Waals surface area contributed by atoms with Gasteiger partial charge in [-0.15, -0.1) is 0 Å². The highest BCUT2D eigenvalue weighted by atomic mass is 16.6. The lowest BCUT2D eigenvalue weighted by Crippen LogP contribution is -2.63. The SMILES string of the molecule is CCC[C@]1(OC)[C@@H]2Oc3c(OC)ccc4c3[C@H]2CCC(C)[C@@H](CC[C@@H]1C(C)(O)C(C)(C)C)C4. The average Bonchev–Trinajstić information content (AvgIpc) is 3.13. The molecule has 0 spiro atoms. The van der Waals surface area contributed by atoms with Crippen molar-refractivity contribution in [2.75, 3.05) is 14.2 Å². The van der Waals surface area contributed by atoms with E-state index in [1.54, 1.807) is 7.11 Å². The third-order valence-electron chi connectivity index (χ3n) is 9.79. The Labute approximate surface area is 201 Å². The first-order chi connectivity index (χ1) is 15.5. The van der Waals surface area contributed by atoms with Gasteiger partial charge < -0.3 is 19.3 Å². The minimum Gasteiger partial charge on any atom is -0.493 e. The second-order valence-electron chi connectivity index (χ2n) is 12.3. The largest absolute Gasteiger partial charge is 0.493 e. The normalized spacial score (nSPS) is 35.5. The summed E-state index contributed by atoms with van der Waals surface area (Å²) in [6.45, 7) is 13.2. The zero-order chi connectivity index (χ0) is 24.2. The Kier molecular flexibility index (Phi) is 6.59. The summed E-state index contributed by atoms with van der Waals surface area (Å²) in [6.07, 6.45) is 7.15. The van der Waals surface area contributed by atoms with Crippen LogP contribution >= 0.6 is 0 Å². The van der Waals surface area contributed by atoms with Gasteiger partial charge in [-0.25, -0.2) is 0 Å². The maximum atomic E-state index is 12.2. The van der Waals surface area contributed by atoms with Crippen molar-refractivity contribution in [3.8, 4) is 11.5 Å². The molecule has 4 heteroatoms. The van der Waals surface area contributed by atoms with Crippen LogP contribution in [0.25, 0.3) is 0 Å². The van der Waals surface area contributed by atoms with E-state index in [2.05, 4.69) is 46.8 Å². The molecule has 5 rings (SSSR count). The molecule has 1 aliphatic heterocycles. The van der Waals surface area contributed by atoms with Crippen LogP contribution in [0.2, 0.25) is 0 Å². The molecule has 2 unspecified atom stereocenters. The first-order valence-corrected chi connectivity index (χ1v) is 13.2. The molecule has 0 radical (unpaired) electrons. The Balaban J connectivity index is 1.97. The summed E-state index contributed by atoms with van der Waals surface area (Å²) in [5.41, 5.74) is 1.02. The first kappa shape index (κ1) is 24.9. The summed E-state index contributed by atoms with van der Waals surface area (Å²) in [5.74, 6) is 3.23. The lowest BCUT2D eigenvalue weighted by atomic mass is 9.57. The molecule has 3 aliphatic carbocycles. The van der Waals surface area contributed by atoms with Crippen molar-refractivity contribution in [3.05, 3.63) is 23.3 Å². The molecule has 0 amide bonds. The van der Waals surface area contributed by atoms with Crippen molar-refractivity contribution in [1.29, 1.82) is 0 Å². The molecular weight excluding hydrogens is 412 g/mol. The molecule has 1 heterocycles. The highest BCUT2D eigenvalue weighted by molar-refractivity contribution is 5.56. The molecule has 1 fully saturated rings. The number of hydrogen-bond donors (Lipinski definition) is 1. The fraction of sp³-hybridized carbons (Fsp3) is 0.793. The summed E-state index contributed by atoms with van der Waals surface area (Å²) in [5, 5.41) is 12.2. The number of fused-ring (bicyclic) bond motifs is 5. The van der Waals surface area contributed by atoms with Crippen LogP contribution < -0.4 is 9.47 Å². The molecule has 1 aromatic carbocycles. The molecule has 33 heavy (non-hydrogen) atoms. The molecule has 1 N–H and O–H groups in total. The fourth-order valence-electron chi connectivity index (χ4n) is 7.30. The van der Waals surface area contributed by atoms with Gasteiger partial charge in [0.05, 0.1) is 12.7 Å². The molecule has 4 aliphatic rings. The number of rotatable bonds is 5. The van der Waals surface area contributed by atoms with Crippen molar-refractivity contribution in [2.24, 2.45) is 23.2 Å². The Bertz CT molecular complexity index is 854. The van der Waals surface area contributed by atoms with Gasteiger partial charge >= 0.3 is 0 Å². The van der Waals surface area contributed by atoms with Crippen LogP contribution in [0.4, 0.5) is 0 Å². The fourth-order valence-corrected chi connectivity index (χ4v) is 7.30. The van der Waals surface area contributed by atoms with E-state index in [0.29, 0.717) is 11.8 Å². The maximum absolute atomic E-state index is 12.2. The van der Waals surface area contributed by atoms with E-state index in [4.69, 9.17) is 14.2 Å². The zero-order valence-electron chi connectivity index (χ0n) is 22.2. The van der Waals surface area contributed by atoms with Crippen molar-refractivity contribution in [1.82, 2.24) is 0 Å². The van der Waals surface area contributed by atoms with Crippen LogP contribution in [0.5, 0.6) is 11.5 Å². The van der Waals surface area contributed by atoms with Crippen LogP contribution in [-0.2, 0) is 11.2 Å². The number of ether oxygens (including phenoxy) is 3. The van der Waals surface area contributed by atoms with Gasteiger partial charge in [0.15, 0.2) is 11.5 Å². The van der Waals surface area contributed by atoms with E-state index in [-0.39, 0.29) is 23.4 Å². The van der Waals surface area contributed by atoms with E-state index in [1.807, 2.05) is 14.0 Å². The smallest absolute Gasteiger partial charge is 0.165 e. The van der Waals surface area contributed by atoms with Crippen LogP contribution in [0.1, 0.15) is 97.1 Å². The summed E-state index contributed by atoms with van der Waals surface area (Å²) in [6, 6.07) is 4.37. The summed E-state index contributed by atoms with van der Waals surface area (Å²) >= 11 is 0. The molecular formula is C29H46O4. The Morgan fingerprint density at radius 2 is 1.82 bits per heavy atom. The number of aliphatic hydroxyl groups is 1. The molecule has 0 aromatic heterocycles. The highest BCUT2D eigenvalue weighted by Gasteiger charge is 2.61. The van der Waals surface area contributed by atoms with Crippen molar-refractivity contribution < 1.29 is 19.3 Å². The van der Waals surface area contributed by atoms with Gasteiger partial charge in [-0.05, 0) is 74.3 Å². The van der Waals surface area contributed by atoms with E-state index in [1.165, 1.54) is 17.5 Å². The molecule has 4 nitrogen and oxygen atoms in total. The van der Waals surface area contributed by atoms with Gasteiger partial charge in [-0.2, -0.15) is 0 Å². The average molecular weight is 459 g/mol. The lowest BCUT2D eigenvalue weighted by molar-refractivity contribution is -0.215. The van der Waals surface area contributed by atoms with E-state index in [9.17, 15) is 5.11 Å². The van der Waals surface area contributed by atoms with Crippen LogP contribution in [0, 0.1) is 23.2 Å². The quantitative estimate of drug-likeness (QED) is 0.545. The Hall–Kier alpha value is -1.26. The molecule has 7 atom stereocenters. The van der Waals surface area contributed by atoms with E-state index >= 15 is 0 Å². The maximum Gasteiger partial charge on any atom is 0.165 e. The van der Waals surface area contributed by atoms with Crippen LogP contribution in [0.15, 0.2) is 12.1 Å². The van der Waals surface area contributed by atoms with Crippen molar-refractivity contribution in [2.45, 2.75) is 110 Å². The summed E-state index contributed by atoms with van der Waals surface area (Å²) in [7, 11) is 3.58. The first-order valence-electron chi connectivity index (χ1n) is 13.2. The van der Waals surface area contributed by atoms with Gasteiger partial charge in [0.2, 0.25) is 0 Å². The zero-order valence-corrected chi connectivity index (χ0v) is 22.2. The second-order valence-corrected chi connectivity index (χ2v) is 12.3. The van der Waals surface area contributed by atoms with Crippen molar-refractivity contribution >= 4 is 0 Å². The van der Waals surface area contributed by atoms with Gasteiger partial charge in [-0.3, -0.25) is 0 Å². The minimum absolute atomic E-state index is 0.0305. The van der Waals surface area contributed by atoms with Gasteiger partial charge in [-0.1, -0.05) is 47.1 Å². The van der Waals surface area contributed by atoms with Crippen LogP contribution in [0.3, 0.4) is 0 Å². The second kappa shape index (κ2) is 8.75. The molecule has 186 valence electrons. The number of hydrogen-bond acceptors (Lipinski definition) is 4. The molecule has 1 saturated carbocycles. The third-order valence-corrected chi connectivity index (χ3v) is 9.79. The van der Waals surface area contributed by atoms with Crippen molar-refractivity contribution in [3.63, 3.8) is 0 Å². The number of benzene rings is 1. The van der Waals surface area contributed by atoms with E-state index in [0.717, 1.165) is 50.0 Å². The molecule has 0 saturated heterocycles.